The zero-order chi connectivity index (χ0) is 27.5. The third-order valence-corrected chi connectivity index (χ3v) is 7.97. The van der Waals surface area contributed by atoms with Gasteiger partial charge in [0.1, 0.15) is 11.3 Å². The fourth-order valence-corrected chi connectivity index (χ4v) is 5.79. The Morgan fingerprint density at radius 3 is 2.21 bits per heavy atom. The minimum absolute atomic E-state index is 0.00154. The number of rotatable bonds is 8. The Kier molecular flexibility index (Phi) is 8.79. The fourth-order valence-electron chi connectivity index (χ4n) is 5.79. The summed E-state index contributed by atoms with van der Waals surface area (Å²) in [4.78, 5) is 10.8. The van der Waals surface area contributed by atoms with Gasteiger partial charge in [0.15, 0.2) is 0 Å². The Balaban J connectivity index is 1.40. The molecule has 0 aliphatic heterocycles. The predicted octanol–water partition coefficient (Wildman–Crippen LogP) is 7.87. The molecule has 0 heterocycles. The molecule has 0 atom stereocenters. The average molecular weight is 546 g/mol. The molecule has 0 spiro atoms. The Labute approximate surface area is 217 Å². The zero-order valence-electron chi connectivity index (χ0n) is 21.0. The lowest BCUT2D eigenvalue weighted by Gasteiger charge is -2.31. The Morgan fingerprint density at radius 1 is 0.921 bits per heavy atom. The molecular weight excluding hydrogens is 512 g/mol. The summed E-state index contributed by atoms with van der Waals surface area (Å²) < 4.78 is 86.8. The first kappa shape index (κ1) is 28.5. The number of alkyl halides is 6. The molecule has 210 valence electrons. The molecule has 0 radical (unpaired) electrons. The van der Waals surface area contributed by atoms with Crippen LogP contribution in [0.3, 0.4) is 0 Å². The molecular formula is C28H33F6NO3. The monoisotopic (exact) mass is 545 g/mol. The lowest BCUT2D eigenvalue weighted by molar-refractivity contribution is -0.185. The van der Waals surface area contributed by atoms with E-state index in [4.69, 9.17) is 9.84 Å². The lowest BCUT2D eigenvalue weighted by atomic mass is 9.83. The van der Waals surface area contributed by atoms with Crippen LogP contribution in [0.2, 0.25) is 0 Å². The second-order valence-corrected chi connectivity index (χ2v) is 10.7. The molecule has 2 aromatic rings. The van der Waals surface area contributed by atoms with E-state index in [1.54, 1.807) is 18.2 Å². The van der Waals surface area contributed by atoms with Crippen molar-refractivity contribution in [3.05, 3.63) is 41.5 Å². The number of benzene rings is 2. The molecule has 4 nitrogen and oxygen atoms in total. The van der Waals surface area contributed by atoms with Crippen LogP contribution in [-0.4, -0.2) is 29.4 Å². The van der Waals surface area contributed by atoms with Crippen LogP contribution in [0.15, 0.2) is 30.3 Å². The average Bonchev–Trinajstić information content (AvgIpc) is 2.85. The van der Waals surface area contributed by atoms with Crippen molar-refractivity contribution in [1.82, 2.24) is 5.32 Å². The quantitative estimate of drug-likeness (QED) is 0.332. The number of nitrogens with one attached hydrogen (secondary N) is 1. The number of aliphatic carboxylic acids is 1. The second kappa shape index (κ2) is 11.7. The molecule has 0 saturated heterocycles. The van der Waals surface area contributed by atoms with E-state index in [1.807, 2.05) is 0 Å². The maximum atomic E-state index is 14.1. The van der Waals surface area contributed by atoms with E-state index in [9.17, 15) is 31.1 Å². The van der Waals surface area contributed by atoms with E-state index < -0.39 is 35.9 Å². The molecule has 0 unspecified atom stereocenters. The van der Waals surface area contributed by atoms with Gasteiger partial charge in [0, 0.05) is 19.0 Å². The van der Waals surface area contributed by atoms with E-state index in [0.29, 0.717) is 24.3 Å². The van der Waals surface area contributed by atoms with E-state index in [1.165, 1.54) is 12.1 Å². The van der Waals surface area contributed by atoms with Crippen LogP contribution in [0, 0.1) is 11.8 Å². The van der Waals surface area contributed by atoms with Crippen LogP contribution in [0.1, 0.15) is 75.3 Å². The molecule has 0 aromatic heterocycles. The number of carboxylic acid groups (broad SMARTS) is 1. The topological polar surface area (TPSA) is 58.6 Å². The van der Waals surface area contributed by atoms with Gasteiger partial charge >= 0.3 is 18.3 Å². The fraction of sp³-hybridized carbons (Fsp3) is 0.607. The largest absolute Gasteiger partial charge is 0.490 e. The van der Waals surface area contributed by atoms with Crippen LogP contribution in [0.25, 0.3) is 10.8 Å². The summed E-state index contributed by atoms with van der Waals surface area (Å²) in [5.41, 5.74) is -0.0510. The summed E-state index contributed by atoms with van der Waals surface area (Å²) in [6, 6.07) is 7.93. The van der Waals surface area contributed by atoms with Crippen molar-refractivity contribution in [3.63, 3.8) is 0 Å². The molecule has 2 fully saturated rings. The van der Waals surface area contributed by atoms with Gasteiger partial charge in [0.25, 0.3) is 0 Å². The molecule has 2 saturated carbocycles. The summed E-state index contributed by atoms with van der Waals surface area (Å²) in [5, 5.41) is 12.7. The molecule has 2 aliphatic carbocycles. The predicted molar refractivity (Wildman–Crippen MR) is 131 cm³/mol. The lowest BCUT2D eigenvalue weighted by Crippen LogP contribution is -2.32. The first-order valence-corrected chi connectivity index (χ1v) is 13.2. The van der Waals surface area contributed by atoms with Crippen LogP contribution in [-0.2, 0) is 17.5 Å². The highest BCUT2D eigenvalue weighted by Gasteiger charge is 2.42. The third-order valence-electron chi connectivity index (χ3n) is 7.97. The van der Waals surface area contributed by atoms with Crippen molar-refractivity contribution >= 4 is 16.7 Å². The van der Waals surface area contributed by atoms with Crippen molar-refractivity contribution in [2.45, 2.75) is 95.3 Å². The number of carboxylic acids is 1. The van der Waals surface area contributed by atoms with Crippen LogP contribution in [0.4, 0.5) is 26.3 Å². The van der Waals surface area contributed by atoms with E-state index >= 15 is 0 Å². The Hall–Kier alpha value is -2.49. The number of fused-ring (bicyclic) bond motifs is 1. The maximum Gasteiger partial charge on any atom is 0.420 e. The van der Waals surface area contributed by atoms with Gasteiger partial charge in [-0.3, -0.25) is 4.79 Å². The van der Waals surface area contributed by atoms with Crippen LogP contribution >= 0.6 is 0 Å². The van der Waals surface area contributed by atoms with Gasteiger partial charge in [-0.25, -0.2) is 0 Å². The van der Waals surface area contributed by atoms with Crippen molar-refractivity contribution in [2.75, 3.05) is 0 Å². The summed E-state index contributed by atoms with van der Waals surface area (Å²) in [7, 11) is 0. The number of halogens is 6. The first-order valence-electron chi connectivity index (χ1n) is 13.2. The molecule has 2 aromatic carbocycles. The highest BCUT2D eigenvalue weighted by Crippen LogP contribution is 2.44. The molecule has 0 amide bonds. The number of ether oxygens (including phenoxy) is 1. The van der Waals surface area contributed by atoms with Crippen LogP contribution < -0.4 is 10.1 Å². The zero-order valence-corrected chi connectivity index (χ0v) is 21.0. The SMILES string of the molecule is O=C(O)CCC1CCC(NCc2ccc3c(C(F)(F)F)c(OC4CCC(C(F)(F)F)CC4)ccc3c2)CC1. The number of hydrogen-bond acceptors (Lipinski definition) is 3. The summed E-state index contributed by atoms with van der Waals surface area (Å²) in [5.74, 6) is -2.13. The molecule has 38 heavy (non-hydrogen) atoms. The van der Waals surface area contributed by atoms with Crippen molar-refractivity contribution < 1.29 is 41.0 Å². The van der Waals surface area contributed by atoms with Gasteiger partial charge < -0.3 is 15.2 Å². The van der Waals surface area contributed by atoms with E-state index in [2.05, 4.69) is 5.32 Å². The minimum Gasteiger partial charge on any atom is -0.490 e. The Morgan fingerprint density at radius 2 is 1.61 bits per heavy atom. The van der Waals surface area contributed by atoms with Gasteiger partial charge in [-0.2, -0.15) is 26.3 Å². The normalized spacial score (nSPS) is 24.9. The van der Waals surface area contributed by atoms with Crippen molar-refractivity contribution in [2.24, 2.45) is 11.8 Å². The maximum absolute atomic E-state index is 14.1. The van der Waals surface area contributed by atoms with Gasteiger partial charge in [-0.15, -0.1) is 0 Å². The standard InChI is InChI=1S/C28H33F6NO3/c29-27(30,31)20-6-10-22(11-7-20)38-24-13-5-19-15-18(3-12-23(19)26(24)28(32,33)34)16-35-21-8-1-17(2-9-21)4-14-25(36)37/h3,5,12-13,15,17,20-22,35H,1-2,4,6-11,14,16H2,(H,36,37). The minimum atomic E-state index is -4.68. The molecule has 0 bridgehead atoms. The summed E-state index contributed by atoms with van der Waals surface area (Å²) in [6.45, 7) is 0.502. The number of hydrogen-bond donors (Lipinski definition) is 2. The van der Waals surface area contributed by atoms with Crippen molar-refractivity contribution in [1.29, 1.82) is 0 Å². The smallest absolute Gasteiger partial charge is 0.420 e. The van der Waals surface area contributed by atoms with Gasteiger partial charge in [0.2, 0.25) is 0 Å². The Bertz CT molecular complexity index is 1100. The van der Waals surface area contributed by atoms with Crippen molar-refractivity contribution in [3.8, 4) is 5.75 Å². The molecule has 2 aliphatic rings. The van der Waals surface area contributed by atoms with E-state index in [0.717, 1.165) is 31.2 Å². The number of carbonyl (C=O) groups is 1. The molecule has 2 N–H and O–H groups in total. The summed E-state index contributed by atoms with van der Waals surface area (Å²) >= 11 is 0. The first-order chi connectivity index (χ1) is 17.9. The van der Waals surface area contributed by atoms with E-state index in [-0.39, 0.29) is 49.3 Å². The highest BCUT2D eigenvalue weighted by atomic mass is 19.4. The third kappa shape index (κ3) is 7.33. The highest BCUT2D eigenvalue weighted by molar-refractivity contribution is 5.89. The summed E-state index contributed by atoms with van der Waals surface area (Å²) in [6.07, 6.45) is -5.18. The second-order valence-electron chi connectivity index (χ2n) is 10.7. The van der Waals surface area contributed by atoms with Gasteiger partial charge in [-0.1, -0.05) is 18.2 Å². The molecule has 4 rings (SSSR count). The molecule has 10 heteroatoms. The van der Waals surface area contributed by atoms with Gasteiger partial charge in [0.05, 0.1) is 12.0 Å². The van der Waals surface area contributed by atoms with Gasteiger partial charge in [-0.05, 0) is 92.2 Å². The van der Waals surface area contributed by atoms with Crippen LogP contribution in [0.5, 0.6) is 5.75 Å².